The molecule has 1 aromatic carbocycles. The molecule has 1 aliphatic heterocycles. The maximum Gasteiger partial charge on any atom is 0.156 e. The van der Waals surface area contributed by atoms with Crippen molar-refractivity contribution in [3.05, 3.63) is 53.4 Å². The van der Waals surface area contributed by atoms with Crippen LogP contribution in [0.1, 0.15) is 18.9 Å². The topological polar surface area (TPSA) is 26.3 Å². The SMILES string of the molecule is C[C@@]12C=CC(=O)C[C@@H]1/C(=C\c1ccc(F)cc1)CO2. The van der Waals surface area contributed by atoms with Crippen molar-refractivity contribution in [2.24, 2.45) is 5.92 Å². The molecule has 1 aromatic rings. The first kappa shape index (κ1) is 12.3. The first-order valence-electron chi connectivity index (χ1n) is 6.39. The quantitative estimate of drug-likeness (QED) is 0.773. The molecule has 2 atom stereocenters. The van der Waals surface area contributed by atoms with E-state index in [1.807, 2.05) is 19.1 Å². The van der Waals surface area contributed by atoms with E-state index in [4.69, 9.17) is 4.74 Å². The van der Waals surface area contributed by atoms with Crippen LogP contribution in [-0.2, 0) is 9.53 Å². The van der Waals surface area contributed by atoms with Crippen molar-refractivity contribution >= 4 is 11.9 Å². The molecule has 0 amide bonds. The molecule has 1 fully saturated rings. The van der Waals surface area contributed by atoms with Crippen LogP contribution in [0.25, 0.3) is 6.08 Å². The largest absolute Gasteiger partial charge is 0.366 e. The summed E-state index contributed by atoms with van der Waals surface area (Å²) in [5.74, 6) is -0.0153. The fraction of sp³-hybridized carbons (Fsp3) is 0.312. The Hall–Kier alpha value is -1.74. The molecule has 0 radical (unpaired) electrons. The fourth-order valence-corrected chi connectivity index (χ4v) is 2.75. The number of allylic oxidation sites excluding steroid dienone is 1. The highest BCUT2D eigenvalue weighted by atomic mass is 19.1. The molecule has 2 nitrogen and oxygen atoms in total. The molecule has 19 heavy (non-hydrogen) atoms. The summed E-state index contributed by atoms with van der Waals surface area (Å²) >= 11 is 0. The fourth-order valence-electron chi connectivity index (χ4n) is 2.75. The molecule has 1 aliphatic carbocycles. The van der Waals surface area contributed by atoms with Crippen molar-refractivity contribution in [3.63, 3.8) is 0 Å². The number of fused-ring (bicyclic) bond motifs is 1. The Morgan fingerprint density at radius 1 is 1.37 bits per heavy atom. The molecule has 0 saturated carbocycles. The second kappa shape index (κ2) is 4.42. The number of halogens is 1. The second-order valence-electron chi connectivity index (χ2n) is 5.30. The van der Waals surface area contributed by atoms with Crippen LogP contribution in [0.5, 0.6) is 0 Å². The first-order chi connectivity index (χ1) is 9.07. The molecular weight excluding hydrogens is 243 g/mol. The zero-order chi connectivity index (χ0) is 13.5. The number of ketones is 1. The van der Waals surface area contributed by atoms with E-state index in [-0.39, 0.29) is 23.1 Å². The summed E-state index contributed by atoms with van der Waals surface area (Å²) < 4.78 is 18.7. The van der Waals surface area contributed by atoms with Gasteiger partial charge in [-0.25, -0.2) is 4.39 Å². The molecule has 2 aliphatic rings. The lowest BCUT2D eigenvalue weighted by Gasteiger charge is -2.29. The van der Waals surface area contributed by atoms with Crippen molar-refractivity contribution in [2.75, 3.05) is 6.61 Å². The van der Waals surface area contributed by atoms with Crippen LogP contribution in [-0.4, -0.2) is 18.0 Å². The number of benzene rings is 1. The number of carbonyl (C=O) groups is 1. The summed E-state index contributed by atoms with van der Waals surface area (Å²) in [6.45, 7) is 2.53. The molecule has 0 N–H and O–H groups in total. The normalized spacial score (nSPS) is 31.8. The molecule has 3 heteroatoms. The average molecular weight is 258 g/mol. The summed E-state index contributed by atoms with van der Waals surface area (Å²) in [4.78, 5) is 11.6. The van der Waals surface area contributed by atoms with Gasteiger partial charge in [-0.1, -0.05) is 18.2 Å². The van der Waals surface area contributed by atoms with Crippen LogP contribution >= 0.6 is 0 Å². The number of rotatable bonds is 1. The van der Waals surface area contributed by atoms with Gasteiger partial charge in [0.05, 0.1) is 12.2 Å². The number of hydrogen-bond donors (Lipinski definition) is 0. The highest BCUT2D eigenvalue weighted by Gasteiger charge is 2.44. The average Bonchev–Trinajstić information content (AvgIpc) is 2.70. The van der Waals surface area contributed by atoms with Crippen molar-refractivity contribution in [3.8, 4) is 0 Å². The Morgan fingerprint density at radius 2 is 2.11 bits per heavy atom. The van der Waals surface area contributed by atoms with Gasteiger partial charge in [0.15, 0.2) is 5.78 Å². The van der Waals surface area contributed by atoms with E-state index in [0.29, 0.717) is 13.0 Å². The minimum absolute atomic E-state index is 0.0926. The van der Waals surface area contributed by atoms with E-state index >= 15 is 0 Å². The summed E-state index contributed by atoms with van der Waals surface area (Å²) in [5.41, 5.74) is 1.66. The minimum atomic E-state index is -0.375. The highest BCUT2D eigenvalue weighted by molar-refractivity contribution is 5.91. The molecule has 0 bridgehead atoms. The van der Waals surface area contributed by atoms with Crippen LogP contribution in [0.3, 0.4) is 0 Å². The Morgan fingerprint density at radius 3 is 2.84 bits per heavy atom. The van der Waals surface area contributed by atoms with Crippen LogP contribution in [0.2, 0.25) is 0 Å². The Labute approximate surface area is 111 Å². The van der Waals surface area contributed by atoms with Crippen molar-refractivity contribution in [1.82, 2.24) is 0 Å². The van der Waals surface area contributed by atoms with Gasteiger partial charge in [0.1, 0.15) is 5.82 Å². The summed E-state index contributed by atoms with van der Waals surface area (Å²) in [6, 6.07) is 6.34. The van der Waals surface area contributed by atoms with Gasteiger partial charge in [-0.15, -0.1) is 0 Å². The third-order valence-corrected chi connectivity index (χ3v) is 3.92. The molecule has 98 valence electrons. The summed E-state index contributed by atoms with van der Waals surface area (Å²) in [5, 5.41) is 0. The lowest BCUT2D eigenvalue weighted by Crippen LogP contribution is -2.34. The monoisotopic (exact) mass is 258 g/mol. The standard InChI is InChI=1S/C16H15FO2/c1-16-7-6-14(18)9-15(16)12(10-19-16)8-11-2-4-13(17)5-3-11/h2-8,15H,9-10H2,1H3/b12-8-/t15-,16-/m1/s1. The van der Waals surface area contributed by atoms with Gasteiger partial charge in [-0.3, -0.25) is 4.79 Å². The Kier molecular flexibility index (Phi) is 2.86. The highest BCUT2D eigenvalue weighted by Crippen LogP contribution is 2.42. The van der Waals surface area contributed by atoms with Crippen molar-refractivity contribution in [2.45, 2.75) is 18.9 Å². The van der Waals surface area contributed by atoms with E-state index in [1.54, 1.807) is 18.2 Å². The molecule has 1 heterocycles. The predicted octanol–water partition coefficient (Wildman–Crippen LogP) is 3.14. The van der Waals surface area contributed by atoms with E-state index in [0.717, 1.165) is 11.1 Å². The second-order valence-corrected chi connectivity index (χ2v) is 5.30. The molecule has 0 aromatic heterocycles. The smallest absolute Gasteiger partial charge is 0.156 e. The Balaban J connectivity index is 1.92. The van der Waals surface area contributed by atoms with Crippen LogP contribution in [0.15, 0.2) is 42.0 Å². The minimum Gasteiger partial charge on any atom is -0.366 e. The zero-order valence-electron chi connectivity index (χ0n) is 10.7. The van der Waals surface area contributed by atoms with Crippen LogP contribution in [0.4, 0.5) is 4.39 Å². The van der Waals surface area contributed by atoms with Gasteiger partial charge < -0.3 is 4.74 Å². The van der Waals surface area contributed by atoms with Gasteiger partial charge in [-0.05, 0) is 42.3 Å². The number of carbonyl (C=O) groups excluding carboxylic acids is 1. The zero-order valence-corrected chi connectivity index (χ0v) is 10.7. The summed E-state index contributed by atoms with van der Waals surface area (Å²) in [7, 11) is 0. The Bertz CT molecular complexity index is 571. The van der Waals surface area contributed by atoms with Gasteiger partial charge >= 0.3 is 0 Å². The van der Waals surface area contributed by atoms with Crippen molar-refractivity contribution < 1.29 is 13.9 Å². The molecule has 3 rings (SSSR count). The van der Waals surface area contributed by atoms with E-state index in [1.165, 1.54) is 12.1 Å². The predicted molar refractivity (Wildman–Crippen MR) is 71.0 cm³/mol. The lowest BCUT2D eigenvalue weighted by atomic mass is 9.78. The van der Waals surface area contributed by atoms with Gasteiger partial charge in [0, 0.05) is 12.3 Å². The van der Waals surface area contributed by atoms with Crippen LogP contribution < -0.4 is 0 Å². The maximum atomic E-state index is 12.9. The molecule has 0 spiro atoms. The number of hydrogen-bond acceptors (Lipinski definition) is 2. The van der Waals surface area contributed by atoms with Gasteiger partial charge in [0.2, 0.25) is 0 Å². The molecule has 0 unspecified atom stereocenters. The van der Waals surface area contributed by atoms with E-state index in [9.17, 15) is 9.18 Å². The van der Waals surface area contributed by atoms with Gasteiger partial charge in [0.25, 0.3) is 0 Å². The van der Waals surface area contributed by atoms with Gasteiger partial charge in [-0.2, -0.15) is 0 Å². The van der Waals surface area contributed by atoms with E-state index < -0.39 is 0 Å². The van der Waals surface area contributed by atoms with Crippen LogP contribution in [0, 0.1) is 11.7 Å². The molecular formula is C16H15FO2. The van der Waals surface area contributed by atoms with E-state index in [2.05, 4.69) is 0 Å². The summed E-state index contributed by atoms with van der Waals surface area (Å²) in [6.07, 6.45) is 5.95. The number of ether oxygens (including phenoxy) is 1. The molecule has 1 saturated heterocycles. The lowest BCUT2D eigenvalue weighted by molar-refractivity contribution is -0.117. The third kappa shape index (κ3) is 2.26. The first-order valence-corrected chi connectivity index (χ1v) is 6.39. The maximum absolute atomic E-state index is 12.9. The third-order valence-electron chi connectivity index (χ3n) is 3.92. The van der Waals surface area contributed by atoms with Crippen molar-refractivity contribution in [1.29, 1.82) is 0 Å².